The molecule has 0 saturated heterocycles. The van der Waals surface area contributed by atoms with E-state index in [1.54, 1.807) is 23.1 Å². The molecule has 96 valence electrons. The molecule has 0 aliphatic carbocycles. The lowest BCUT2D eigenvalue weighted by molar-refractivity contribution is 0.584. The van der Waals surface area contributed by atoms with Gasteiger partial charge < -0.3 is 5.73 Å². The van der Waals surface area contributed by atoms with E-state index in [1.807, 2.05) is 12.1 Å². The summed E-state index contributed by atoms with van der Waals surface area (Å²) in [6, 6.07) is 7.97. The summed E-state index contributed by atoms with van der Waals surface area (Å²) in [6.45, 7) is 6.59. The zero-order chi connectivity index (χ0) is 13.2. The first-order valence-corrected chi connectivity index (χ1v) is 7.75. The van der Waals surface area contributed by atoms with E-state index in [9.17, 15) is 0 Å². The lowest BCUT2D eigenvalue weighted by Gasteiger charge is -2.13. The average Bonchev–Trinajstić information content (AvgIpc) is 2.77. The Morgan fingerprint density at radius 1 is 1.22 bits per heavy atom. The van der Waals surface area contributed by atoms with Gasteiger partial charge >= 0.3 is 0 Å². The Morgan fingerprint density at radius 3 is 2.44 bits per heavy atom. The van der Waals surface area contributed by atoms with E-state index in [0.29, 0.717) is 0 Å². The Kier molecular flexibility index (Phi) is 3.97. The SMILES string of the molecule is CC(C)(C)c1nc(CSc2ccc(N)cc2)cs1. The van der Waals surface area contributed by atoms with E-state index in [2.05, 4.69) is 43.3 Å². The molecule has 2 rings (SSSR count). The van der Waals surface area contributed by atoms with E-state index < -0.39 is 0 Å². The molecule has 18 heavy (non-hydrogen) atoms. The topological polar surface area (TPSA) is 38.9 Å². The van der Waals surface area contributed by atoms with Crippen LogP contribution in [0.5, 0.6) is 0 Å². The van der Waals surface area contributed by atoms with Crippen molar-refractivity contribution in [3.63, 3.8) is 0 Å². The molecule has 0 fully saturated rings. The Morgan fingerprint density at radius 2 is 1.89 bits per heavy atom. The summed E-state index contributed by atoms with van der Waals surface area (Å²) >= 11 is 3.54. The third kappa shape index (κ3) is 3.50. The fourth-order valence-corrected chi connectivity index (χ4v) is 3.24. The first-order chi connectivity index (χ1) is 8.45. The molecule has 2 nitrogen and oxygen atoms in total. The number of benzene rings is 1. The number of nitrogens with zero attached hydrogens (tertiary/aromatic N) is 1. The van der Waals surface area contributed by atoms with Crippen molar-refractivity contribution in [2.45, 2.75) is 36.8 Å². The van der Waals surface area contributed by atoms with Crippen LogP contribution in [0.1, 0.15) is 31.5 Å². The van der Waals surface area contributed by atoms with Crippen molar-refractivity contribution in [1.29, 1.82) is 0 Å². The summed E-state index contributed by atoms with van der Waals surface area (Å²) in [4.78, 5) is 5.92. The number of nitrogen functional groups attached to an aromatic ring is 1. The Balaban J connectivity index is 1.98. The van der Waals surface area contributed by atoms with Crippen molar-refractivity contribution in [2.75, 3.05) is 5.73 Å². The molecule has 0 aliphatic heterocycles. The molecule has 0 spiro atoms. The average molecular weight is 278 g/mol. The number of nitrogens with two attached hydrogens (primary N) is 1. The number of aromatic nitrogens is 1. The van der Waals surface area contributed by atoms with Crippen LogP contribution >= 0.6 is 23.1 Å². The number of hydrogen-bond donors (Lipinski definition) is 1. The number of hydrogen-bond acceptors (Lipinski definition) is 4. The lowest BCUT2D eigenvalue weighted by atomic mass is 9.98. The third-order valence-corrected chi connectivity index (χ3v) is 4.82. The van der Waals surface area contributed by atoms with E-state index >= 15 is 0 Å². The molecule has 0 amide bonds. The molecule has 4 heteroatoms. The van der Waals surface area contributed by atoms with E-state index in [4.69, 9.17) is 5.73 Å². The Labute approximate surface area is 117 Å². The summed E-state index contributed by atoms with van der Waals surface area (Å²) < 4.78 is 0. The minimum absolute atomic E-state index is 0.148. The maximum atomic E-state index is 5.67. The maximum absolute atomic E-state index is 5.67. The van der Waals surface area contributed by atoms with Gasteiger partial charge in [0, 0.05) is 27.1 Å². The van der Waals surface area contributed by atoms with E-state index in [0.717, 1.165) is 17.1 Å². The van der Waals surface area contributed by atoms with Crippen molar-refractivity contribution >= 4 is 28.8 Å². The first kappa shape index (κ1) is 13.4. The zero-order valence-corrected chi connectivity index (χ0v) is 12.6. The van der Waals surface area contributed by atoms with Crippen LogP contribution in [-0.2, 0) is 11.2 Å². The van der Waals surface area contributed by atoms with Gasteiger partial charge in [-0.1, -0.05) is 20.8 Å². The monoisotopic (exact) mass is 278 g/mol. The van der Waals surface area contributed by atoms with Gasteiger partial charge in [-0.05, 0) is 24.3 Å². The second kappa shape index (κ2) is 5.33. The van der Waals surface area contributed by atoms with Crippen LogP contribution < -0.4 is 5.73 Å². The molecule has 0 radical (unpaired) electrons. The molecule has 1 aromatic carbocycles. The van der Waals surface area contributed by atoms with Gasteiger partial charge in [0.15, 0.2) is 0 Å². The summed E-state index contributed by atoms with van der Waals surface area (Å²) in [5, 5.41) is 3.36. The highest BCUT2D eigenvalue weighted by Gasteiger charge is 2.17. The Hall–Kier alpha value is -1.00. The predicted octanol–water partition coefficient (Wildman–Crippen LogP) is 4.32. The van der Waals surface area contributed by atoms with Crippen molar-refractivity contribution < 1.29 is 0 Å². The summed E-state index contributed by atoms with van der Waals surface area (Å²) in [6.07, 6.45) is 0. The van der Waals surface area contributed by atoms with Gasteiger partial charge in [-0.3, -0.25) is 0 Å². The molecule has 0 saturated carbocycles. The largest absolute Gasteiger partial charge is 0.399 e. The van der Waals surface area contributed by atoms with Crippen molar-refractivity contribution in [2.24, 2.45) is 0 Å². The maximum Gasteiger partial charge on any atom is 0.0982 e. The molecule has 0 aliphatic rings. The van der Waals surface area contributed by atoms with Gasteiger partial charge in [0.1, 0.15) is 0 Å². The molecule has 1 aromatic heterocycles. The normalized spacial score (nSPS) is 11.7. The smallest absolute Gasteiger partial charge is 0.0982 e. The van der Waals surface area contributed by atoms with Crippen LogP contribution in [0.2, 0.25) is 0 Å². The second-order valence-corrected chi connectivity index (χ2v) is 7.16. The molecule has 0 atom stereocenters. The zero-order valence-electron chi connectivity index (χ0n) is 10.9. The van der Waals surface area contributed by atoms with Crippen LogP contribution in [0.25, 0.3) is 0 Å². The minimum atomic E-state index is 0.148. The van der Waals surface area contributed by atoms with Crippen LogP contribution in [0.4, 0.5) is 5.69 Å². The first-order valence-electron chi connectivity index (χ1n) is 5.88. The second-order valence-electron chi connectivity index (χ2n) is 5.25. The standard InChI is InChI=1S/C14H18N2S2/c1-14(2,3)13-16-11(9-18-13)8-17-12-6-4-10(15)5-7-12/h4-7,9H,8,15H2,1-3H3. The van der Waals surface area contributed by atoms with Crippen molar-refractivity contribution in [3.05, 3.63) is 40.3 Å². The third-order valence-electron chi connectivity index (χ3n) is 2.46. The highest BCUT2D eigenvalue weighted by molar-refractivity contribution is 7.98. The molecule has 1 heterocycles. The number of rotatable bonds is 3. The number of thioether (sulfide) groups is 1. The number of thiazole rings is 1. The molecular formula is C14H18N2S2. The van der Waals surface area contributed by atoms with E-state index in [-0.39, 0.29) is 5.41 Å². The summed E-state index contributed by atoms with van der Waals surface area (Å²) in [7, 11) is 0. The van der Waals surface area contributed by atoms with Crippen molar-refractivity contribution in [3.8, 4) is 0 Å². The number of anilines is 1. The Bertz CT molecular complexity index is 509. The van der Waals surface area contributed by atoms with Crippen LogP contribution in [0.15, 0.2) is 34.5 Å². The van der Waals surface area contributed by atoms with Gasteiger partial charge in [-0.25, -0.2) is 4.98 Å². The lowest BCUT2D eigenvalue weighted by Crippen LogP contribution is -2.10. The van der Waals surface area contributed by atoms with Crippen molar-refractivity contribution in [1.82, 2.24) is 4.98 Å². The minimum Gasteiger partial charge on any atom is -0.399 e. The van der Waals surface area contributed by atoms with Crippen LogP contribution in [0, 0.1) is 0 Å². The molecular weight excluding hydrogens is 260 g/mol. The predicted molar refractivity (Wildman–Crippen MR) is 81.2 cm³/mol. The molecule has 0 unspecified atom stereocenters. The van der Waals surface area contributed by atoms with Crippen LogP contribution in [-0.4, -0.2) is 4.98 Å². The molecule has 2 aromatic rings. The fraction of sp³-hybridized carbons (Fsp3) is 0.357. The summed E-state index contributed by atoms with van der Waals surface area (Å²) in [5.74, 6) is 0.913. The van der Waals surface area contributed by atoms with Crippen LogP contribution in [0.3, 0.4) is 0 Å². The van der Waals surface area contributed by atoms with Gasteiger partial charge in [-0.2, -0.15) is 0 Å². The quantitative estimate of drug-likeness (QED) is 0.671. The van der Waals surface area contributed by atoms with Gasteiger partial charge in [0.05, 0.1) is 10.7 Å². The highest BCUT2D eigenvalue weighted by atomic mass is 32.2. The van der Waals surface area contributed by atoms with Gasteiger partial charge in [-0.15, -0.1) is 23.1 Å². The molecule has 2 N–H and O–H groups in total. The van der Waals surface area contributed by atoms with E-state index in [1.165, 1.54) is 9.90 Å². The summed E-state index contributed by atoms with van der Waals surface area (Å²) in [5.41, 5.74) is 7.78. The van der Waals surface area contributed by atoms with Gasteiger partial charge in [0.2, 0.25) is 0 Å². The van der Waals surface area contributed by atoms with Gasteiger partial charge in [0.25, 0.3) is 0 Å². The fourth-order valence-electron chi connectivity index (χ4n) is 1.44. The highest BCUT2D eigenvalue weighted by Crippen LogP contribution is 2.29. The molecule has 0 bridgehead atoms.